The molecule has 0 aliphatic carbocycles. The van der Waals surface area contributed by atoms with Crippen molar-refractivity contribution in [3.8, 4) is 0 Å². The molecule has 2 spiro atoms. The lowest BCUT2D eigenvalue weighted by molar-refractivity contribution is -0.0337. The van der Waals surface area contributed by atoms with Gasteiger partial charge >= 0.3 is 12.2 Å². The Morgan fingerprint density at radius 1 is 0.750 bits per heavy atom. The van der Waals surface area contributed by atoms with Crippen molar-refractivity contribution < 1.29 is 19.1 Å². The summed E-state index contributed by atoms with van der Waals surface area (Å²) in [6, 6.07) is 11.1. The van der Waals surface area contributed by atoms with Gasteiger partial charge in [0.05, 0.1) is 12.1 Å². The number of hydrogen-bond donors (Lipinski definition) is 1. The number of likely N-dealkylation sites (N-methyl/N-ethyl adjacent to an activating group) is 2. The fraction of sp³-hybridized carbons (Fsp3) is 0.724. The molecule has 1 aromatic carbocycles. The third kappa shape index (κ3) is 5.66. The molecule has 2 unspecified atom stereocenters. The molecule has 7 rings (SSSR count). The van der Waals surface area contributed by atoms with Crippen LogP contribution < -0.4 is 5.32 Å². The zero-order chi connectivity index (χ0) is 27.0. The first kappa shape index (κ1) is 29.4. The molecule has 6 saturated heterocycles. The van der Waals surface area contributed by atoms with Gasteiger partial charge in [-0.25, -0.2) is 9.59 Å². The summed E-state index contributed by atoms with van der Waals surface area (Å²) < 4.78 is 11.6. The van der Waals surface area contributed by atoms with E-state index in [4.69, 9.17) is 9.47 Å². The molecule has 6 aliphatic rings. The van der Waals surface area contributed by atoms with Crippen LogP contribution in [0.3, 0.4) is 0 Å². The number of piperidine rings is 2. The molecule has 0 radical (unpaired) electrons. The Balaban J connectivity index is 0.000000167. The zero-order valence-electron chi connectivity index (χ0n) is 23.9. The lowest BCUT2D eigenvalue weighted by Crippen LogP contribution is -2.59. The highest BCUT2D eigenvalue weighted by Gasteiger charge is 2.56. The summed E-state index contributed by atoms with van der Waals surface area (Å²) in [5.74, 6) is 0. The highest BCUT2D eigenvalue weighted by Crippen LogP contribution is 2.41. The summed E-state index contributed by atoms with van der Waals surface area (Å²) in [5, 5.41) is 3.33. The first-order chi connectivity index (χ1) is 18.9. The van der Waals surface area contributed by atoms with Crippen molar-refractivity contribution in [2.75, 3.05) is 79.5 Å². The first-order valence-electron chi connectivity index (χ1n) is 14.7. The molecule has 2 atom stereocenters. The van der Waals surface area contributed by atoms with Gasteiger partial charge in [0, 0.05) is 84.6 Å². The van der Waals surface area contributed by atoms with Crippen molar-refractivity contribution in [1.82, 2.24) is 29.8 Å². The van der Waals surface area contributed by atoms with Crippen LogP contribution in [0.1, 0.15) is 31.2 Å². The normalized spacial score (nSPS) is 29.6. The second-order valence-electron chi connectivity index (χ2n) is 12.3. The van der Waals surface area contributed by atoms with E-state index in [2.05, 4.69) is 64.4 Å². The number of ether oxygens (including phenoxy) is 2. The van der Waals surface area contributed by atoms with Gasteiger partial charge in [0.15, 0.2) is 0 Å². The second kappa shape index (κ2) is 12.0. The van der Waals surface area contributed by atoms with Gasteiger partial charge in [0.2, 0.25) is 0 Å². The minimum Gasteiger partial charge on any atom is -0.440 e. The van der Waals surface area contributed by atoms with Crippen LogP contribution in [0, 0.1) is 0 Å². The maximum absolute atomic E-state index is 12.2. The van der Waals surface area contributed by atoms with Crippen molar-refractivity contribution in [3.05, 3.63) is 35.9 Å². The molecule has 6 heterocycles. The van der Waals surface area contributed by atoms with Crippen molar-refractivity contribution >= 4 is 24.6 Å². The Labute approximate surface area is 244 Å². The molecule has 0 saturated carbocycles. The second-order valence-corrected chi connectivity index (χ2v) is 12.3. The molecule has 10 nitrogen and oxygen atoms in total. The van der Waals surface area contributed by atoms with Gasteiger partial charge in [-0.2, -0.15) is 0 Å². The predicted molar refractivity (Wildman–Crippen MR) is 155 cm³/mol. The van der Waals surface area contributed by atoms with Gasteiger partial charge in [0.1, 0.15) is 11.2 Å². The van der Waals surface area contributed by atoms with Crippen molar-refractivity contribution in [2.45, 2.75) is 55.5 Å². The Morgan fingerprint density at radius 3 is 1.77 bits per heavy atom. The Morgan fingerprint density at radius 2 is 1.25 bits per heavy atom. The lowest BCUT2D eigenvalue weighted by Gasteiger charge is -2.44. The van der Waals surface area contributed by atoms with Crippen LogP contribution in [-0.4, -0.2) is 140 Å². The molecular formula is C29H45ClN6O4. The number of likely N-dealkylation sites (tertiary alicyclic amines) is 1. The summed E-state index contributed by atoms with van der Waals surface area (Å²) in [5.41, 5.74) is 0.876. The minimum absolute atomic E-state index is 0. The largest absolute Gasteiger partial charge is 0.440 e. The Hall–Kier alpha value is -2.11. The van der Waals surface area contributed by atoms with E-state index in [9.17, 15) is 9.59 Å². The summed E-state index contributed by atoms with van der Waals surface area (Å²) >= 11 is 0. The number of halogens is 1. The third-order valence-corrected chi connectivity index (χ3v) is 9.83. The number of piperazine rings is 2. The molecule has 0 aromatic heterocycles. The van der Waals surface area contributed by atoms with Crippen molar-refractivity contribution in [3.63, 3.8) is 0 Å². The van der Waals surface area contributed by atoms with E-state index in [1.807, 2.05) is 9.80 Å². The molecule has 2 amide bonds. The fourth-order valence-electron chi connectivity index (χ4n) is 7.43. The molecule has 6 aliphatic heterocycles. The van der Waals surface area contributed by atoms with Crippen LogP contribution >= 0.6 is 12.4 Å². The van der Waals surface area contributed by atoms with Gasteiger partial charge < -0.3 is 24.6 Å². The number of rotatable bonds is 2. The molecule has 1 N–H and O–H groups in total. The molecule has 222 valence electrons. The lowest BCUT2D eigenvalue weighted by atomic mass is 9.83. The van der Waals surface area contributed by atoms with Gasteiger partial charge in [-0.1, -0.05) is 30.3 Å². The van der Waals surface area contributed by atoms with E-state index in [0.717, 1.165) is 97.7 Å². The standard InChI is InChI=1S/C18H25N3O2.C11H19N3O2.ClH/c1-19-11-12-21-16(14-19)18(23-17(21)22)7-9-20(10-8-18)13-15-5-3-2-4-6-15;1-13-6-7-14-9(8-13)11(16-10(14)15)2-4-12-5-3-11;/h2-6,16H,7-14H2,1H3;9,12H,2-8H2,1H3;1H. The summed E-state index contributed by atoms with van der Waals surface area (Å²) in [7, 11) is 4.26. The van der Waals surface area contributed by atoms with Gasteiger partial charge in [-0.05, 0) is 32.7 Å². The van der Waals surface area contributed by atoms with E-state index in [0.29, 0.717) is 0 Å². The van der Waals surface area contributed by atoms with Crippen LogP contribution in [0.2, 0.25) is 0 Å². The topological polar surface area (TPSA) is 80.8 Å². The third-order valence-electron chi connectivity index (χ3n) is 9.83. The van der Waals surface area contributed by atoms with Gasteiger partial charge in [0.25, 0.3) is 0 Å². The van der Waals surface area contributed by atoms with E-state index >= 15 is 0 Å². The monoisotopic (exact) mass is 576 g/mol. The van der Waals surface area contributed by atoms with Gasteiger partial charge in [-0.15, -0.1) is 12.4 Å². The minimum atomic E-state index is -0.265. The highest BCUT2D eigenvalue weighted by atomic mass is 35.5. The summed E-state index contributed by atoms with van der Waals surface area (Å²) in [4.78, 5) is 35.1. The first-order valence-corrected chi connectivity index (χ1v) is 14.7. The number of fused-ring (bicyclic) bond motifs is 4. The molecular weight excluding hydrogens is 532 g/mol. The number of hydrogen-bond acceptors (Lipinski definition) is 8. The van der Waals surface area contributed by atoms with Crippen molar-refractivity contribution in [2.24, 2.45) is 0 Å². The molecule has 1 aromatic rings. The number of nitrogens with one attached hydrogen (secondary N) is 1. The maximum atomic E-state index is 12.2. The Bertz CT molecular complexity index is 1030. The van der Waals surface area contributed by atoms with Crippen LogP contribution in [0.5, 0.6) is 0 Å². The fourth-order valence-corrected chi connectivity index (χ4v) is 7.43. The maximum Gasteiger partial charge on any atom is 0.410 e. The number of amides is 2. The number of nitrogens with zero attached hydrogens (tertiary/aromatic N) is 5. The number of carbonyl (C=O) groups excluding carboxylic acids is 2. The zero-order valence-corrected chi connectivity index (χ0v) is 24.7. The van der Waals surface area contributed by atoms with Crippen LogP contribution in [0.25, 0.3) is 0 Å². The smallest absolute Gasteiger partial charge is 0.410 e. The van der Waals surface area contributed by atoms with Crippen LogP contribution in [0.4, 0.5) is 9.59 Å². The molecule has 6 fully saturated rings. The highest BCUT2D eigenvalue weighted by molar-refractivity contribution is 5.85. The van der Waals surface area contributed by atoms with E-state index in [-0.39, 0.29) is 47.9 Å². The number of benzene rings is 1. The van der Waals surface area contributed by atoms with Crippen LogP contribution in [0.15, 0.2) is 30.3 Å². The SMILES string of the molecule is CN1CCN2C(=O)OC3(CCN(Cc4ccccc4)CC3)C2C1.CN1CCN2C(=O)OC3(CCNCC3)C2C1.Cl. The average molecular weight is 577 g/mol. The predicted octanol–water partition coefficient (Wildman–Crippen LogP) is 2.08. The Kier molecular flexibility index (Phi) is 8.83. The van der Waals surface area contributed by atoms with E-state index < -0.39 is 0 Å². The molecule has 11 heteroatoms. The molecule has 40 heavy (non-hydrogen) atoms. The molecule has 0 bridgehead atoms. The van der Waals surface area contributed by atoms with E-state index in [1.165, 1.54) is 5.56 Å². The summed E-state index contributed by atoms with van der Waals surface area (Å²) in [6.07, 6.45) is 3.60. The van der Waals surface area contributed by atoms with E-state index in [1.54, 1.807) is 0 Å². The summed E-state index contributed by atoms with van der Waals surface area (Å²) in [6.45, 7) is 10.3. The quantitative estimate of drug-likeness (QED) is 0.573. The average Bonchev–Trinajstić information content (AvgIpc) is 3.36. The van der Waals surface area contributed by atoms with Gasteiger partial charge in [-0.3, -0.25) is 14.7 Å². The number of carbonyl (C=O) groups is 2. The van der Waals surface area contributed by atoms with Crippen LogP contribution in [-0.2, 0) is 16.0 Å². The van der Waals surface area contributed by atoms with Crippen molar-refractivity contribution in [1.29, 1.82) is 0 Å².